The summed E-state index contributed by atoms with van der Waals surface area (Å²) in [4.78, 5) is 15.4. The van der Waals surface area contributed by atoms with Crippen LogP contribution in [0.25, 0.3) is 11.3 Å². The molecule has 2 aromatic carbocycles. The minimum atomic E-state index is -0.0701. The highest BCUT2D eigenvalue weighted by atomic mass is 35.5. The summed E-state index contributed by atoms with van der Waals surface area (Å²) in [7, 11) is 0. The van der Waals surface area contributed by atoms with E-state index in [-0.39, 0.29) is 11.3 Å². The Morgan fingerprint density at radius 2 is 1.93 bits per heavy atom. The molecular weight excluding hydrogens is 380 g/mol. The second-order valence-electron chi connectivity index (χ2n) is 6.57. The van der Waals surface area contributed by atoms with E-state index in [0.29, 0.717) is 34.1 Å². The van der Waals surface area contributed by atoms with Crippen LogP contribution in [0.15, 0.2) is 53.1 Å². The van der Waals surface area contributed by atoms with Crippen molar-refractivity contribution in [3.63, 3.8) is 0 Å². The van der Waals surface area contributed by atoms with Crippen molar-refractivity contribution < 1.29 is 9.32 Å². The first-order valence-electron chi connectivity index (χ1n) is 8.76. The Balaban J connectivity index is 1.72. The first-order chi connectivity index (χ1) is 13.1. The average Bonchev–Trinajstić information content (AvgIpc) is 3.29. The number of carbonyl (C=O) groups excluding carboxylic acids is 1. The Labute approximate surface area is 167 Å². The third-order valence-electron chi connectivity index (χ3n) is 4.72. The lowest BCUT2D eigenvalue weighted by molar-refractivity contribution is 0.0759. The summed E-state index contributed by atoms with van der Waals surface area (Å²) in [5.41, 5.74) is 4.03. The molecule has 0 N–H and O–H groups in total. The number of hydrogen-bond donors (Lipinski definition) is 0. The lowest BCUT2D eigenvalue weighted by Gasteiger charge is -2.24. The molecule has 138 valence electrons. The number of nitrogens with zero attached hydrogens (tertiary/aromatic N) is 2. The molecule has 0 bridgehead atoms. The second-order valence-corrected chi connectivity index (χ2v) is 8.17. The lowest BCUT2D eigenvalue weighted by Crippen LogP contribution is -2.31. The standard InChI is InChI=1S/C21H19ClN2O2S/c1-13-7-9-15(10-8-13)21-24(11-12-27-21)20(25)18-14(2)26-23-19(18)16-5-3-4-6-17(16)22/h3-10,21H,11-12H2,1-2H3. The van der Waals surface area contributed by atoms with Crippen molar-refractivity contribution in [1.82, 2.24) is 10.1 Å². The molecule has 1 fully saturated rings. The molecule has 1 aromatic heterocycles. The van der Waals surface area contributed by atoms with E-state index in [1.165, 1.54) is 5.56 Å². The zero-order chi connectivity index (χ0) is 19.0. The number of halogens is 1. The molecule has 1 atom stereocenters. The van der Waals surface area contributed by atoms with Crippen LogP contribution in [0.1, 0.15) is 32.6 Å². The smallest absolute Gasteiger partial charge is 0.260 e. The summed E-state index contributed by atoms with van der Waals surface area (Å²) in [5.74, 6) is 1.34. The van der Waals surface area contributed by atoms with E-state index in [2.05, 4.69) is 36.3 Å². The zero-order valence-corrected chi connectivity index (χ0v) is 16.7. The molecule has 1 aliphatic rings. The van der Waals surface area contributed by atoms with Gasteiger partial charge >= 0.3 is 0 Å². The summed E-state index contributed by atoms with van der Waals surface area (Å²) >= 11 is 8.11. The van der Waals surface area contributed by atoms with E-state index in [4.69, 9.17) is 16.1 Å². The molecule has 3 aromatic rings. The van der Waals surface area contributed by atoms with Crippen molar-refractivity contribution in [3.8, 4) is 11.3 Å². The molecule has 0 radical (unpaired) electrons. The number of rotatable bonds is 3. The molecule has 1 saturated heterocycles. The molecule has 4 rings (SSSR count). The first kappa shape index (κ1) is 18.1. The molecule has 0 saturated carbocycles. The number of hydrogen-bond acceptors (Lipinski definition) is 4. The van der Waals surface area contributed by atoms with Crippen LogP contribution in [-0.4, -0.2) is 28.3 Å². The summed E-state index contributed by atoms with van der Waals surface area (Å²) in [5, 5.41) is 4.67. The molecule has 1 amide bonds. The molecular formula is C21H19ClN2O2S. The number of carbonyl (C=O) groups is 1. The quantitative estimate of drug-likeness (QED) is 0.584. The Morgan fingerprint density at radius 3 is 2.67 bits per heavy atom. The van der Waals surface area contributed by atoms with Crippen molar-refractivity contribution in [2.45, 2.75) is 19.2 Å². The highest BCUT2D eigenvalue weighted by Gasteiger charge is 2.35. The number of aromatic nitrogens is 1. The highest BCUT2D eigenvalue weighted by Crippen LogP contribution is 2.40. The van der Waals surface area contributed by atoms with Crippen LogP contribution in [0.5, 0.6) is 0 Å². The van der Waals surface area contributed by atoms with Gasteiger partial charge in [0.05, 0.1) is 5.02 Å². The van der Waals surface area contributed by atoms with Crippen LogP contribution in [0.2, 0.25) is 5.02 Å². The minimum Gasteiger partial charge on any atom is -0.360 e. The molecule has 1 aliphatic heterocycles. The van der Waals surface area contributed by atoms with Crippen molar-refractivity contribution >= 4 is 29.3 Å². The fraction of sp³-hybridized carbons (Fsp3) is 0.238. The zero-order valence-electron chi connectivity index (χ0n) is 15.1. The van der Waals surface area contributed by atoms with E-state index in [0.717, 1.165) is 11.3 Å². The predicted molar refractivity (Wildman–Crippen MR) is 109 cm³/mol. The third-order valence-corrected chi connectivity index (χ3v) is 6.31. The summed E-state index contributed by atoms with van der Waals surface area (Å²) in [6, 6.07) is 15.7. The van der Waals surface area contributed by atoms with Gasteiger partial charge in [-0.2, -0.15) is 0 Å². The van der Waals surface area contributed by atoms with Crippen molar-refractivity contribution in [2.24, 2.45) is 0 Å². The highest BCUT2D eigenvalue weighted by molar-refractivity contribution is 7.99. The van der Waals surface area contributed by atoms with Crippen LogP contribution < -0.4 is 0 Å². The molecule has 2 heterocycles. The minimum absolute atomic E-state index is 0.00787. The maximum Gasteiger partial charge on any atom is 0.260 e. The van der Waals surface area contributed by atoms with Gasteiger partial charge in [-0.15, -0.1) is 11.8 Å². The number of aryl methyl sites for hydroxylation is 2. The van der Waals surface area contributed by atoms with Crippen LogP contribution in [0.4, 0.5) is 0 Å². The van der Waals surface area contributed by atoms with Gasteiger partial charge in [0.1, 0.15) is 22.4 Å². The largest absolute Gasteiger partial charge is 0.360 e. The number of benzene rings is 2. The maximum absolute atomic E-state index is 13.5. The Morgan fingerprint density at radius 1 is 1.19 bits per heavy atom. The molecule has 4 nitrogen and oxygen atoms in total. The van der Waals surface area contributed by atoms with E-state index in [1.807, 2.05) is 23.1 Å². The fourth-order valence-corrected chi connectivity index (χ4v) is 4.77. The van der Waals surface area contributed by atoms with Crippen LogP contribution in [0.3, 0.4) is 0 Å². The molecule has 27 heavy (non-hydrogen) atoms. The van der Waals surface area contributed by atoms with E-state index < -0.39 is 0 Å². The van der Waals surface area contributed by atoms with Gasteiger partial charge < -0.3 is 9.42 Å². The predicted octanol–water partition coefficient (Wildman–Crippen LogP) is 5.50. The van der Waals surface area contributed by atoms with Gasteiger partial charge in [0.15, 0.2) is 0 Å². The summed E-state index contributed by atoms with van der Waals surface area (Å²) in [6.07, 6.45) is 0. The monoisotopic (exact) mass is 398 g/mol. The van der Waals surface area contributed by atoms with Gasteiger partial charge in [-0.05, 0) is 25.5 Å². The van der Waals surface area contributed by atoms with Crippen molar-refractivity contribution in [1.29, 1.82) is 0 Å². The molecule has 6 heteroatoms. The normalized spacial score (nSPS) is 16.7. The van der Waals surface area contributed by atoms with Crippen molar-refractivity contribution in [3.05, 3.63) is 76.0 Å². The SMILES string of the molecule is Cc1ccc(C2SCCN2C(=O)c2c(-c3ccccc3Cl)noc2C)cc1. The lowest BCUT2D eigenvalue weighted by atomic mass is 10.0. The van der Waals surface area contributed by atoms with E-state index >= 15 is 0 Å². The van der Waals surface area contributed by atoms with Crippen LogP contribution in [-0.2, 0) is 0 Å². The molecule has 1 unspecified atom stereocenters. The molecule has 0 spiro atoms. The van der Waals surface area contributed by atoms with Gasteiger partial charge in [0.25, 0.3) is 5.91 Å². The Hall–Kier alpha value is -2.24. The maximum atomic E-state index is 13.5. The van der Waals surface area contributed by atoms with Gasteiger partial charge in [-0.1, -0.05) is 64.8 Å². The summed E-state index contributed by atoms with van der Waals surface area (Å²) < 4.78 is 5.38. The van der Waals surface area contributed by atoms with Gasteiger partial charge in [0.2, 0.25) is 0 Å². The Kier molecular flexibility index (Phi) is 4.98. The fourth-order valence-electron chi connectivity index (χ4n) is 3.29. The second kappa shape index (κ2) is 7.41. The average molecular weight is 399 g/mol. The summed E-state index contributed by atoms with van der Waals surface area (Å²) in [6.45, 7) is 4.52. The van der Waals surface area contributed by atoms with Gasteiger partial charge in [-0.25, -0.2) is 0 Å². The Bertz CT molecular complexity index is 984. The number of thioether (sulfide) groups is 1. The number of amides is 1. The third kappa shape index (κ3) is 3.37. The van der Waals surface area contributed by atoms with Gasteiger partial charge in [0, 0.05) is 17.9 Å². The van der Waals surface area contributed by atoms with Crippen molar-refractivity contribution in [2.75, 3.05) is 12.3 Å². The van der Waals surface area contributed by atoms with Crippen LogP contribution >= 0.6 is 23.4 Å². The molecule has 0 aliphatic carbocycles. The van der Waals surface area contributed by atoms with Gasteiger partial charge in [-0.3, -0.25) is 4.79 Å². The van der Waals surface area contributed by atoms with Crippen LogP contribution in [0, 0.1) is 13.8 Å². The topological polar surface area (TPSA) is 46.3 Å². The van der Waals surface area contributed by atoms with E-state index in [1.54, 1.807) is 24.8 Å². The van der Waals surface area contributed by atoms with E-state index in [9.17, 15) is 4.79 Å². The first-order valence-corrected chi connectivity index (χ1v) is 10.2.